The molecule has 1 amide bonds. The highest BCUT2D eigenvalue weighted by Gasteiger charge is 2.22. The molecule has 1 aromatic carbocycles. The Morgan fingerprint density at radius 1 is 1.37 bits per heavy atom. The zero-order valence-corrected chi connectivity index (χ0v) is 11.8. The fourth-order valence-corrected chi connectivity index (χ4v) is 3.86. The molecule has 1 heterocycles. The van der Waals surface area contributed by atoms with Gasteiger partial charge in [0.1, 0.15) is 4.88 Å². The number of fused-ring (bicyclic) bond motifs is 1. The maximum absolute atomic E-state index is 12.3. The summed E-state index contributed by atoms with van der Waals surface area (Å²) in [4.78, 5) is 13.0. The number of nitrogen functional groups attached to an aromatic ring is 1. The quantitative estimate of drug-likeness (QED) is 0.881. The molecule has 19 heavy (non-hydrogen) atoms. The van der Waals surface area contributed by atoms with Gasteiger partial charge in [-0.15, -0.1) is 11.3 Å². The van der Waals surface area contributed by atoms with Gasteiger partial charge in [0.25, 0.3) is 5.91 Å². The summed E-state index contributed by atoms with van der Waals surface area (Å²) in [5, 5.41) is 4.11. The molecule has 0 unspecified atom stereocenters. The van der Waals surface area contributed by atoms with E-state index >= 15 is 0 Å². The third kappa shape index (κ3) is 2.21. The number of nitrogens with two attached hydrogens (primary N) is 1. The summed E-state index contributed by atoms with van der Waals surface area (Å²) in [5.74, 6) is -0.00926. The highest BCUT2D eigenvalue weighted by atomic mass is 32.1. The maximum Gasteiger partial charge on any atom is 0.263 e. The van der Waals surface area contributed by atoms with E-state index in [0.29, 0.717) is 16.6 Å². The molecule has 100 valence electrons. The molecule has 1 aliphatic rings. The van der Waals surface area contributed by atoms with E-state index in [1.807, 2.05) is 12.1 Å². The van der Waals surface area contributed by atoms with Crippen LogP contribution in [0, 0.1) is 6.92 Å². The normalized spacial score (nSPS) is 16.1. The lowest BCUT2D eigenvalue weighted by Crippen LogP contribution is -2.32. The SMILES string of the molecule is Cc1cccc2c(N)c(C(=O)NC3CCCC3)sc12. The van der Waals surface area contributed by atoms with Crippen LogP contribution in [0.5, 0.6) is 0 Å². The number of nitrogens with one attached hydrogen (secondary N) is 1. The predicted molar refractivity (Wildman–Crippen MR) is 80.7 cm³/mol. The van der Waals surface area contributed by atoms with Crippen molar-refractivity contribution >= 4 is 33.0 Å². The van der Waals surface area contributed by atoms with Crippen LogP contribution in [0.3, 0.4) is 0 Å². The van der Waals surface area contributed by atoms with Gasteiger partial charge in [-0.3, -0.25) is 4.79 Å². The zero-order valence-electron chi connectivity index (χ0n) is 11.0. The number of carbonyl (C=O) groups excluding carboxylic acids is 1. The van der Waals surface area contributed by atoms with Crippen molar-refractivity contribution < 1.29 is 4.79 Å². The van der Waals surface area contributed by atoms with E-state index in [-0.39, 0.29) is 5.91 Å². The number of benzene rings is 1. The molecule has 1 fully saturated rings. The minimum Gasteiger partial charge on any atom is -0.397 e. The van der Waals surface area contributed by atoms with Gasteiger partial charge in [-0.05, 0) is 25.3 Å². The fraction of sp³-hybridized carbons (Fsp3) is 0.400. The summed E-state index contributed by atoms with van der Waals surface area (Å²) in [6.07, 6.45) is 4.61. The molecular weight excluding hydrogens is 256 g/mol. The molecule has 1 aliphatic carbocycles. The number of hydrogen-bond acceptors (Lipinski definition) is 3. The van der Waals surface area contributed by atoms with Crippen molar-refractivity contribution in [1.82, 2.24) is 5.32 Å². The van der Waals surface area contributed by atoms with Gasteiger partial charge in [-0.1, -0.05) is 31.0 Å². The van der Waals surface area contributed by atoms with Crippen molar-refractivity contribution in [1.29, 1.82) is 0 Å². The molecule has 0 spiro atoms. The van der Waals surface area contributed by atoms with Gasteiger partial charge >= 0.3 is 0 Å². The Balaban J connectivity index is 1.93. The summed E-state index contributed by atoms with van der Waals surface area (Å²) >= 11 is 1.50. The molecular formula is C15H18N2OS. The Kier molecular flexibility index (Phi) is 3.19. The lowest BCUT2D eigenvalue weighted by Gasteiger charge is -2.10. The highest BCUT2D eigenvalue weighted by molar-refractivity contribution is 7.21. The summed E-state index contributed by atoms with van der Waals surface area (Å²) in [5.41, 5.74) is 7.93. The van der Waals surface area contributed by atoms with E-state index < -0.39 is 0 Å². The maximum atomic E-state index is 12.3. The van der Waals surface area contributed by atoms with Crippen LogP contribution in [0.1, 0.15) is 40.9 Å². The first-order chi connectivity index (χ1) is 9.16. The first-order valence-electron chi connectivity index (χ1n) is 6.75. The second kappa shape index (κ2) is 4.85. The van der Waals surface area contributed by atoms with Gasteiger partial charge in [0.2, 0.25) is 0 Å². The van der Waals surface area contributed by atoms with Crippen LogP contribution in [0.4, 0.5) is 5.69 Å². The van der Waals surface area contributed by atoms with Crippen molar-refractivity contribution in [2.24, 2.45) is 0 Å². The molecule has 0 atom stereocenters. The lowest BCUT2D eigenvalue weighted by atomic mass is 10.1. The Bertz CT molecular complexity index is 626. The van der Waals surface area contributed by atoms with Crippen molar-refractivity contribution in [3.8, 4) is 0 Å². The lowest BCUT2D eigenvalue weighted by molar-refractivity contribution is 0.0943. The van der Waals surface area contributed by atoms with E-state index in [1.165, 1.54) is 29.7 Å². The second-order valence-corrected chi connectivity index (χ2v) is 6.27. The average molecular weight is 274 g/mol. The number of anilines is 1. The molecule has 3 rings (SSSR count). The summed E-state index contributed by atoms with van der Waals surface area (Å²) in [6.45, 7) is 2.05. The Labute approximate surface area is 116 Å². The Morgan fingerprint density at radius 2 is 2.11 bits per heavy atom. The standard InChI is InChI=1S/C15H18N2OS/c1-9-5-4-8-11-12(16)14(19-13(9)11)15(18)17-10-6-2-3-7-10/h4-5,8,10H,2-3,6-7,16H2,1H3,(H,17,18). The number of aryl methyl sites for hydroxylation is 1. The van der Waals surface area contributed by atoms with Crippen LogP contribution >= 0.6 is 11.3 Å². The van der Waals surface area contributed by atoms with E-state index in [0.717, 1.165) is 22.9 Å². The van der Waals surface area contributed by atoms with Gasteiger partial charge in [-0.2, -0.15) is 0 Å². The minimum absolute atomic E-state index is 0.00926. The Hall–Kier alpha value is -1.55. The number of rotatable bonds is 2. The van der Waals surface area contributed by atoms with Gasteiger partial charge < -0.3 is 11.1 Å². The number of amides is 1. The van der Waals surface area contributed by atoms with E-state index in [1.54, 1.807) is 0 Å². The molecule has 4 heteroatoms. The van der Waals surface area contributed by atoms with Gasteiger partial charge in [0.15, 0.2) is 0 Å². The largest absolute Gasteiger partial charge is 0.397 e. The fourth-order valence-electron chi connectivity index (χ4n) is 2.77. The molecule has 0 saturated heterocycles. The first-order valence-corrected chi connectivity index (χ1v) is 7.57. The second-order valence-electron chi connectivity index (χ2n) is 5.25. The Morgan fingerprint density at radius 3 is 2.79 bits per heavy atom. The number of hydrogen-bond donors (Lipinski definition) is 2. The molecule has 1 aromatic heterocycles. The molecule has 2 aromatic rings. The van der Waals surface area contributed by atoms with Gasteiger partial charge in [0, 0.05) is 16.1 Å². The monoisotopic (exact) mass is 274 g/mol. The van der Waals surface area contributed by atoms with Gasteiger partial charge in [0.05, 0.1) is 5.69 Å². The van der Waals surface area contributed by atoms with Crippen LogP contribution in [0.25, 0.3) is 10.1 Å². The molecule has 3 nitrogen and oxygen atoms in total. The van der Waals surface area contributed by atoms with Crippen LogP contribution in [0.2, 0.25) is 0 Å². The van der Waals surface area contributed by atoms with Crippen LogP contribution < -0.4 is 11.1 Å². The predicted octanol–water partition coefficient (Wildman–Crippen LogP) is 3.46. The topological polar surface area (TPSA) is 55.1 Å². The van der Waals surface area contributed by atoms with Crippen molar-refractivity contribution in [2.45, 2.75) is 38.6 Å². The highest BCUT2D eigenvalue weighted by Crippen LogP contribution is 2.35. The minimum atomic E-state index is -0.00926. The molecule has 0 radical (unpaired) electrons. The van der Waals surface area contributed by atoms with Crippen molar-refractivity contribution in [3.63, 3.8) is 0 Å². The third-order valence-corrected chi connectivity index (χ3v) is 5.20. The summed E-state index contributed by atoms with van der Waals surface area (Å²) < 4.78 is 1.12. The summed E-state index contributed by atoms with van der Waals surface area (Å²) in [6, 6.07) is 6.36. The van der Waals surface area contributed by atoms with Crippen LogP contribution in [-0.4, -0.2) is 11.9 Å². The average Bonchev–Trinajstić information content (AvgIpc) is 2.99. The molecule has 0 aliphatic heterocycles. The molecule has 3 N–H and O–H groups in total. The zero-order chi connectivity index (χ0) is 13.4. The smallest absolute Gasteiger partial charge is 0.263 e. The van der Waals surface area contributed by atoms with E-state index in [9.17, 15) is 4.79 Å². The van der Waals surface area contributed by atoms with Crippen molar-refractivity contribution in [2.75, 3.05) is 5.73 Å². The van der Waals surface area contributed by atoms with Crippen LogP contribution in [-0.2, 0) is 0 Å². The van der Waals surface area contributed by atoms with Crippen LogP contribution in [0.15, 0.2) is 18.2 Å². The third-order valence-electron chi connectivity index (χ3n) is 3.85. The van der Waals surface area contributed by atoms with Crippen molar-refractivity contribution in [3.05, 3.63) is 28.6 Å². The number of carbonyl (C=O) groups is 1. The molecule has 1 saturated carbocycles. The van der Waals surface area contributed by atoms with E-state index in [4.69, 9.17) is 5.73 Å². The van der Waals surface area contributed by atoms with Gasteiger partial charge in [-0.25, -0.2) is 0 Å². The number of thiophene rings is 1. The summed E-state index contributed by atoms with van der Waals surface area (Å²) in [7, 11) is 0. The molecule has 0 bridgehead atoms. The first kappa shape index (κ1) is 12.5. The van der Waals surface area contributed by atoms with E-state index in [2.05, 4.69) is 18.3 Å².